The molecule has 58 valence electrons. The van der Waals surface area contributed by atoms with Crippen LogP contribution in [0.4, 0.5) is 0 Å². The van der Waals surface area contributed by atoms with Crippen molar-refractivity contribution in [3.05, 3.63) is 35.5 Å². The first-order valence-corrected chi connectivity index (χ1v) is 3.82. The van der Waals surface area contributed by atoms with Crippen LogP contribution in [-0.2, 0) is 0 Å². The van der Waals surface area contributed by atoms with E-state index in [0.29, 0.717) is 5.92 Å². The molecule has 1 N–H and O–H groups in total. The number of allylic oxidation sites excluding steroid dienone is 6. The van der Waals surface area contributed by atoms with Gasteiger partial charge >= 0.3 is 0 Å². The average Bonchev–Trinajstić information content (AvgIpc) is 2.13. The Bertz CT molecular complexity index is 244. The molecule has 1 aliphatic rings. The number of rotatable bonds is 1. The second-order valence-corrected chi connectivity index (χ2v) is 2.86. The third-order valence-corrected chi connectivity index (χ3v) is 1.81. The van der Waals surface area contributed by atoms with Crippen LogP contribution in [0.25, 0.3) is 0 Å². The zero-order chi connectivity index (χ0) is 8.27. The van der Waals surface area contributed by atoms with Crippen molar-refractivity contribution in [3.8, 4) is 0 Å². The minimum absolute atomic E-state index is 0.445. The maximum atomic E-state index is 7.15. The van der Waals surface area contributed by atoms with Crippen LogP contribution in [-0.4, -0.2) is 6.21 Å². The quantitative estimate of drug-likeness (QED) is 0.551. The van der Waals surface area contributed by atoms with Crippen LogP contribution in [0.5, 0.6) is 0 Å². The van der Waals surface area contributed by atoms with Crippen LogP contribution in [0.15, 0.2) is 35.5 Å². The Labute approximate surface area is 67.6 Å². The highest BCUT2D eigenvalue weighted by Crippen LogP contribution is 2.15. The molecule has 0 aromatic carbocycles. The maximum absolute atomic E-state index is 7.15. The lowest BCUT2D eigenvalue weighted by molar-refractivity contribution is 0.938. The van der Waals surface area contributed by atoms with E-state index in [-0.39, 0.29) is 0 Å². The summed E-state index contributed by atoms with van der Waals surface area (Å²) in [5.41, 5.74) is 2.20. The molecule has 0 heterocycles. The smallest absolute Gasteiger partial charge is 0.0249 e. The lowest BCUT2D eigenvalue weighted by atomic mass is 10.1. The summed E-state index contributed by atoms with van der Waals surface area (Å²) in [6.45, 7) is 4.14. The van der Waals surface area contributed by atoms with Gasteiger partial charge in [0, 0.05) is 6.21 Å². The Hall–Kier alpha value is -1.11. The number of nitrogens with one attached hydrogen (secondary N) is 1. The van der Waals surface area contributed by atoms with Crippen LogP contribution < -0.4 is 0 Å². The van der Waals surface area contributed by atoms with E-state index in [2.05, 4.69) is 19.1 Å². The van der Waals surface area contributed by atoms with Gasteiger partial charge in [-0.25, -0.2) is 0 Å². The Balaban J connectivity index is 2.98. The first-order valence-electron chi connectivity index (χ1n) is 3.82. The fourth-order valence-electron chi connectivity index (χ4n) is 1.10. The molecule has 0 fully saturated rings. The second-order valence-electron chi connectivity index (χ2n) is 2.86. The van der Waals surface area contributed by atoms with Gasteiger partial charge in [-0.15, -0.1) is 0 Å². The van der Waals surface area contributed by atoms with Crippen molar-refractivity contribution in [2.24, 2.45) is 5.92 Å². The average molecular weight is 147 g/mol. The van der Waals surface area contributed by atoms with Crippen molar-refractivity contribution >= 4 is 6.21 Å². The van der Waals surface area contributed by atoms with Crippen LogP contribution in [0.2, 0.25) is 0 Å². The zero-order valence-electron chi connectivity index (χ0n) is 6.96. The molecule has 11 heavy (non-hydrogen) atoms. The summed E-state index contributed by atoms with van der Waals surface area (Å²) < 4.78 is 0. The van der Waals surface area contributed by atoms with Gasteiger partial charge in [0.15, 0.2) is 0 Å². The van der Waals surface area contributed by atoms with Crippen LogP contribution in [0, 0.1) is 11.3 Å². The third-order valence-electron chi connectivity index (χ3n) is 1.81. The lowest BCUT2D eigenvalue weighted by Gasteiger charge is -2.00. The monoisotopic (exact) mass is 147 g/mol. The van der Waals surface area contributed by atoms with Crippen LogP contribution in [0.1, 0.15) is 13.8 Å². The standard InChI is InChI=1S/C10H13N/c1-8-4-3-5-9(2)10(6-8)7-11/h3-8,11H,1-2H3. The fourth-order valence-corrected chi connectivity index (χ4v) is 1.10. The Kier molecular flexibility index (Phi) is 2.42. The van der Waals surface area contributed by atoms with Crippen molar-refractivity contribution in [2.75, 3.05) is 0 Å². The molecule has 1 unspecified atom stereocenters. The van der Waals surface area contributed by atoms with E-state index in [1.54, 1.807) is 0 Å². The minimum atomic E-state index is 0.445. The molecule has 1 rings (SSSR count). The highest BCUT2D eigenvalue weighted by Gasteiger charge is 2.00. The van der Waals surface area contributed by atoms with E-state index in [9.17, 15) is 0 Å². The van der Waals surface area contributed by atoms with E-state index in [1.807, 2.05) is 19.1 Å². The Morgan fingerprint density at radius 1 is 1.55 bits per heavy atom. The van der Waals surface area contributed by atoms with Crippen molar-refractivity contribution in [1.29, 1.82) is 5.41 Å². The van der Waals surface area contributed by atoms with Gasteiger partial charge in [-0.1, -0.05) is 31.2 Å². The SMILES string of the molecule is CC1=CC=CC(C)C=C1C=N. The van der Waals surface area contributed by atoms with Gasteiger partial charge in [0.05, 0.1) is 0 Å². The summed E-state index contributed by atoms with van der Waals surface area (Å²) in [6.07, 6.45) is 9.73. The van der Waals surface area contributed by atoms with Crippen molar-refractivity contribution in [1.82, 2.24) is 0 Å². The molecule has 0 saturated heterocycles. The van der Waals surface area contributed by atoms with Gasteiger partial charge in [-0.2, -0.15) is 0 Å². The summed E-state index contributed by atoms with van der Waals surface area (Å²) in [4.78, 5) is 0. The second kappa shape index (κ2) is 3.33. The molecule has 1 nitrogen and oxygen atoms in total. The van der Waals surface area contributed by atoms with E-state index in [4.69, 9.17) is 5.41 Å². The molecule has 1 heteroatoms. The molecule has 0 radical (unpaired) electrons. The zero-order valence-corrected chi connectivity index (χ0v) is 6.96. The molecule has 0 aromatic rings. The maximum Gasteiger partial charge on any atom is 0.0249 e. The molecular formula is C10H13N. The van der Waals surface area contributed by atoms with E-state index in [0.717, 1.165) is 5.57 Å². The lowest BCUT2D eigenvalue weighted by Crippen LogP contribution is -1.88. The molecule has 0 aliphatic heterocycles. The first kappa shape index (κ1) is 7.99. The fraction of sp³-hybridized carbons (Fsp3) is 0.300. The molecule has 0 amide bonds. The highest BCUT2D eigenvalue weighted by molar-refractivity contribution is 5.82. The van der Waals surface area contributed by atoms with Gasteiger partial charge in [0.25, 0.3) is 0 Å². The summed E-state index contributed by atoms with van der Waals surface area (Å²) >= 11 is 0. The predicted octanol–water partition coefficient (Wildman–Crippen LogP) is 2.71. The van der Waals surface area contributed by atoms with Gasteiger partial charge in [0.1, 0.15) is 0 Å². The molecule has 0 spiro atoms. The third kappa shape index (κ3) is 1.90. The normalized spacial score (nSPS) is 23.6. The van der Waals surface area contributed by atoms with E-state index in [1.165, 1.54) is 11.8 Å². The van der Waals surface area contributed by atoms with Crippen molar-refractivity contribution in [2.45, 2.75) is 13.8 Å². The van der Waals surface area contributed by atoms with Crippen LogP contribution in [0.3, 0.4) is 0 Å². The van der Waals surface area contributed by atoms with Gasteiger partial charge in [-0.3, -0.25) is 0 Å². The summed E-state index contributed by atoms with van der Waals surface area (Å²) in [5.74, 6) is 0.445. The number of hydrogen-bond donors (Lipinski definition) is 1. The Morgan fingerprint density at radius 2 is 2.27 bits per heavy atom. The van der Waals surface area contributed by atoms with Crippen molar-refractivity contribution < 1.29 is 0 Å². The van der Waals surface area contributed by atoms with Crippen molar-refractivity contribution in [3.63, 3.8) is 0 Å². The van der Waals surface area contributed by atoms with Gasteiger partial charge in [0.2, 0.25) is 0 Å². The molecule has 0 saturated carbocycles. The Morgan fingerprint density at radius 3 is 2.91 bits per heavy atom. The topological polar surface area (TPSA) is 23.9 Å². The van der Waals surface area contributed by atoms with E-state index >= 15 is 0 Å². The van der Waals surface area contributed by atoms with Gasteiger partial charge < -0.3 is 5.41 Å². The predicted molar refractivity (Wildman–Crippen MR) is 48.9 cm³/mol. The molecule has 1 atom stereocenters. The number of hydrogen-bond acceptors (Lipinski definition) is 1. The molecule has 1 aliphatic carbocycles. The summed E-state index contributed by atoms with van der Waals surface area (Å²) in [7, 11) is 0. The van der Waals surface area contributed by atoms with Gasteiger partial charge in [-0.05, 0) is 24.0 Å². The van der Waals surface area contributed by atoms with Crippen LogP contribution >= 0.6 is 0 Å². The summed E-state index contributed by atoms with van der Waals surface area (Å²) in [6, 6.07) is 0. The molecule has 0 aromatic heterocycles. The largest absolute Gasteiger partial charge is 0.308 e. The minimum Gasteiger partial charge on any atom is -0.308 e. The van der Waals surface area contributed by atoms with E-state index < -0.39 is 0 Å². The summed E-state index contributed by atoms with van der Waals surface area (Å²) in [5, 5.41) is 7.15. The molecule has 0 bridgehead atoms. The highest BCUT2D eigenvalue weighted by atomic mass is 14.3. The molecular weight excluding hydrogens is 134 g/mol. The first-order chi connectivity index (χ1) is 5.24.